The Labute approximate surface area is 112 Å². The molecule has 1 aliphatic rings. The zero-order valence-electron chi connectivity index (χ0n) is 10.9. The number of hydrogen-bond acceptors (Lipinski definition) is 3. The van der Waals surface area contributed by atoms with Crippen LogP contribution in [0.5, 0.6) is 0 Å². The molecule has 104 valence electrons. The summed E-state index contributed by atoms with van der Waals surface area (Å²) >= 11 is 1.83. The molecule has 0 aromatic carbocycles. The molecule has 0 aromatic heterocycles. The van der Waals surface area contributed by atoms with Gasteiger partial charge in [-0.05, 0) is 43.6 Å². The van der Waals surface area contributed by atoms with Crippen LogP contribution in [0.3, 0.4) is 0 Å². The predicted molar refractivity (Wildman–Crippen MR) is 72.9 cm³/mol. The van der Waals surface area contributed by atoms with Gasteiger partial charge in [-0.1, -0.05) is 6.92 Å². The molecule has 0 heterocycles. The van der Waals surface area contributed by atoms with Crippen LogP contribution in [-0.4, -0.2) is 40.7 Å². The Balaban J connectivity index is 2.24. The molecule has 1 fully saturated rings. The second-order valence-corrected chi connectivity index (χ2v) is 6.05. The van der Waals surface area contributed by atoms with Crippen LogP contribution < -0.4 is 10.6 Å². The lowest BCUT2D eigenvalue weighted by Crippen LogP contribution is -2.49. The van der Waals surface area contributed by atoms with Crippen molar-refractivity contribution in [2.45, 2.75) is 45.2 Å². The number of carboxylic acids is 1. The summed E-state index contributed by atoms with van der Waals surface area (Å²) < 4.78 is 0. The average molecular weight is 274 g/mol. The van der Waals surface area contributed by atoms with Crippen molar-refractivity contribution >= 4 is 23.8 Å². The number of amides is 2. The molecular weight excluding hydrogens is 252 g/mol. The number of thioether (sulfide) groups is 1. The number of urea groups is 1. The maximum Gasteiger partial charge on any atom is 0.326 e. The van der Waals surface area contributed by atoms with Gasteiger partial charge < -0.3 is 15.7 Å². The van der Waals surface area contributed by atoms with E-state index in [9.17, 15) is 9.59 Å². The molecule has 1 rings (SSSR count). The van der Waals surface area contributed by atoms with E-state index in [-0.39, 0.29) is 18.0 Å². The molecular formula is C12H22N2O3S. The summed E-state index contributed by atoms with van der Waals surface area (Å²) in [5, 5.41) is 14.3. The molecule has 2 unspecified atom stereocenters. The van der Waals surface area contributed by atoms with Crippen LogP contribution in [0.2, 0.25) is 0 Å². The highest BCUT2D eigenvalue weighted by Gasteiger charge is 2.37. The molecule has 0 spiro atoms. The highest BCUT2D eigenvalue weighted by atomic mass is 32.2. The Hall–Kier alpha value is -0.910. The molecule has 0 aromatic rings. The Morgan fingerprint density at radius 1 is 1.39 bits per heavy atom. The smallest absolute Gasteiger partial charge is 0.326 e. The quantitative estimate of drug-likeness (QED) is 0.588. The summed E-state index contributed by atoms with van der Waals surface area (Å²) in [7, 11) is 0. The zero-order valence-corrected chi connectivity index (χ0v) is 11.8. The van der Waals surface area contributed by atoms with Crippen LogP contribution in [0.1, 0.15) is 33.1 Å². The fourth-order valence-electron chi connectivity index (χ4n) is 1.69. The minimum absolute atomic E-state index is 0.0673. The average Bonchev–Trinajstić information content (AvgIpc) is 3.09. The molecule has 1 aliphatic carbocycles. The first-order valence-electron chi connectivity index (χ1n) is 6.42. The van der Waals surface area contributed by atoms with Crippen LogP contribution in [0, 0.1) is 5.92 Å². The fraction of sp³-hybridized carbons (Fsp3) is 0.833. The van der Waals surface area contributed by atoms with Crippen molar-refractivity contribution in [1.29, 1.82) is 0 Å². The summed E-state index contributed by atoms with van der Waals surface area (Å²) in [6.45, 7) is 4.03. The Kier molecular flexibility index (Phi) is 6.32. The van der Waals surface area contributed by atoms with E-state index in [4.69, 9.17) is 5.11 Å². The van der Waals surface area contributed by atoms with E-state index in [1.54, 1.807) is 0 Å². The molecule has 0 aliphatic heterocycles. The van der Waals surface area contributed by atoms with Crippen LogP contribution in [0.4, 0.5) is 4.79 Å². The molecule has 2 atom stereocenters. The third kappa shape index (κ3) is 5.62. The Bertz CT molecular complexity index is 295. The van der Waals surface area contributed by atoms with E-state index in [2.05, 4.69) is 17.6 Å². The topological polar surface area (TPSA) is 78.4 Å². The number of hydrogen-bond donors (Lipinski definition) is 3. The van der Waals surface area contributed by atoms with E-state index >= 15 is 0 Å². The molecule has 0 saturated heterocycles. The van der Waals surface area contributed by atoms with Crippen LogP contribution in [0.15, 0.2) is 0 Å². The normalized spacial score (nSPS) is 17.9. The number of carbonyl (C=O) groups excluding carboxylic acids is 1. The monoisotopic (exact) mass is 274 g/mol. The Morgan fingerprint density at radius 3 is 2.56 bits per heavy atom. The lowest BCUT2D eigenvalue weighted by molar-refractivity contribution is -0.139. The van der Waals surface area contributed by atoms with Gasteiger partial charge in [0.1, 0.15) is 6.04 Å². The summed E-state index contributed by atoms with van der Waals surface area (Å²) in [4.78, 5) is 22.6. The van der Waals surface area contributed by atoms with Gasteiger partial charge in [0.15, 0.2) is 0 Å². The first-order chi connectivity index (χ1) is 8.54. The van der Waals surface area contributed by atoms with E-state index in [1.807, 2.05) is 18.7 Å². The molecule has 5 nitrogen and oxygen atoms in total. The minimum Gasteiger partial charge on any atom is -0.480 e. The maximum atomic E-state index is 11.6. The number of aliphatic carboxylic acids is 1. The highest BCUT2D eigenvalue weighted by Crippen LogP contribution is 2.32. The molecule has 0 bridgehead atoms. The summed E-state index contributed by atoms with van der Waals surface area (Å²) in [5.41, 5.74) is 0. The zero-order chi connectivity index (χ0) is 13.5. The first-order valence-corrected chi connectivity index (χ1v) is 7.57. The predicted octanol–water partition coefficient (Wildman–Crippen LogP) is 1.68. The molecule has 2 amide bonds. The van der Waals surface area contributed by atoms with E-state index in [1.165, 1.54) is 0 Å². The van der Waals surface area contributed by atoms with Crippen molar-refractivity contribution in [3.8, 4) is 0 Å². The SMILES string of the molecule is CCSCCC(C)NC(=O)NC(C(=O)O)C1CC1. The summed E-state index contributed by atoms with van der Waals surface area (Å²) in [6, 6.07) is -1.04. The van der Waals surface area contributed by atoms with Crippen molar-refractivity contribution in [2.24, 2.45) is 5.92 Å². The summed E-state index contributed by atoms with van der Waals surface area (Å²) in [5.74, 6) is 1.24. The van der Waals surface area contributed by atoms with Gasteiger partial charge in [-0.25, -0.2) is 9.59 Å². The molecule has 18 heavy (non-hydrogen) atoms. The van der Waals surface area contributed by atoms with E-state index in [0.29, 0.717) is 0 Å². The number of nitrogens with one attached hydrogen (secondary N) is 2. The van der Waals surface area contributed by atoms with Crippen LogP contribution >= 0.6 is 11.8 Å². The lowest BCUT2D eigenvalue weighted by atomic mass is 10.2. The molecule has 6 heteroatoms. The van der Waals surface area contributed by atoms with Gasteiger partial charge >= 0.3 is 12.0 Å². The van der Waals surface area contributed by atoms with Crippen molar-refractivity contribution in [3.63, 3.8) is 0 Å². The standard InChI is InChI=1S/C12H22N2O3S/c1-3-18-7-6-8(2)13-12(17)14-10(11(15)16)9-4-5-9/h8-10H,3-7H2,1-2H3,(H,15,16)(H2,13,14,17). The van der Waals surface area contributed by atoms with Crippen LogP contribution in [-0.2, 0) is 4.79 Å². The second-order valence-electron chi connectivity index (χ2n) is 4.66. The van der Waals surface area contributed by atoms with Gasteiger partial charge in [0.25, 0.3) is 0 Å². The fourth-order valence-corrected chi connectivity index (χ4v) is 2.50. The largest absolute Gasteiger partial charge is 0.480 e. The second kappa shape index (κ2) is 7.51. The van der Waals surface area contributed by atoms with Crippen molar-refractivity contribution in [3.05, 3.63) is 0 Å². The number of carboxylic acid groups (broad SMARTS) is 1. The third-order valence-corrected chi connectivity index (χ3v) is 3.86. The van der Waals surface area contributed by atoms with E-state index < -0.39 is 12.0 Å². The van der Waals surface area contributed by atoms with Gasteiger partial charge in [-0.15, -0.1) is 0 Å². The summed E-state index contributed by atoms with van der Waals surface area (Å²) in [6.07, 6.45) is 2.67. The van der Waals surface area contributed by atoms with Gasteiger partial charge in [0.2, 0.25) is 0 Å². The number of carbonyl (C=O) groups is 2. The van der Waals surface area contributed by atoms with Crippen LogP contribution in [0.25, 0.3) is 0 Å². The van der Waals surface area contributed by atoms with Gasteiger partial charge in [0, 0.05) is 6.04 Å². The lowest BCUT2D eigenvalue weighted by Gasteiger charge is -2.18. The molecule has 0 radical (unpaired) electrons. The third-order valence-electron chi connectivity index (χ3n) is 2.92. The van der Waals surface area contributed by atoms with Gasteiger partial charge in [-0.2, -0.15) is 11.8 Å². The van der Waals surface area contributed by atoms with Crippen molar-refractivity contribution < 1.29 is 14.7 Å². The van der Waals surface area contributed by atoms with Crippen molar-refractivity contribution in [2.75, 3.05) is 11.5 Å². The van der Waals surface area contributed by atoms with Crippen molar-refractivity contribution in [1.82, 2.24) is 10.6 Å². The van der Waals surface area contributed by atoms with Gasteiger partial charge in [0.05, 0.1) is 0 Å². The molecule has 1 saturated carbocycles. The maximum absolute atomic E-state index is 11.6. The Morgan fingerprint density at radius 2 is 2.06 bits per heavy atom. The minimum atomic E-state index is -0.943. The molecule has 3 N–H and O–H groups in total. The first kappa shape index (κ1) is 15.1. The highest BCUT2D eigenvalue weighted by molar-refractivity contribution is 7.99. The number of rotatable bonds is 8. The van der Waals surface area contributed by atoms with Gasteiger partial charge in [-0.3, -0.25) is 0 Å². The van der Waals surface area contributed by atoms with E-state index in [0.717, 1.165) is 30.8 Å².